The lowest BCUT2D eigenvalue weighted by Gasteiger charge is -2.14. The first-order valence-corrected chi connectivity index (χ1v) is 6.09. The Morgan fingerprint density at radius 3 is 2.94 bits per heavy atom. The molecule has 2 rings (SSSR count). The summed E-state index contributed by atoms with van der Waals surface area (Å²) in [6.45, 7) is 4.95. The van der Waals surface area contributed by atoms with Crippen LogP contribution in [0.25, 0.3) is 11.0 Å². The number of nitrogen functional groups attached to an aromatic ring is 1. The summed E-state index contributed by atoms with van der Waals surface area (Å²) >= 11 is 5.93. The van der Waals surface area contributed by atoms with Gasteiger partial charge in [-0.15, -0.1) is 0 Å². The van der Waals surface area contributed by atoms with Gasteiger partial charge in [-0.3, -0.25) is 0 Å². The Hall–Kier alpha value is -1.26. The zero-order chi connectivity index (χ0) is 12.4. The van der Waals surface area contributed by atoms with Crippen LogP contribution in [0.3, 0.4) is 0 Å². The number of benzene rings is 1. The monoisotopic (exact) mass is 252 g/mol. The van der Waals surface area contributed by atoms with Crippen LogP contribution in [0, 0.1) is 0 Å². The van der Waals surface area contributed by atoms with E-state index < -0.39 is 0 Å². The summed E-state index contributed by atoms with van der Waals surface area (Å²) in [7, 11) is 2.09. The van der Waals surface area contributed by atoms with Crippen molar-refractivity contribution in [2.75, 3.05) is 25.9 Å². The number of rotatable bonds is 4. The van der Waals surface area contributed by atoms with Gasteiger partial charge >= 0.3 is 0 Å². The van der Waals surface area contributed by atoms with E-state index in [1.807, 2.05) is 22.8 Å². The number of aromatic nitrogens is 2. The van der Waals surface area contributed by atoms with Crippen molar-refractivity contribution in [2.24, 2.45) is 0 Å². The molecule has 1 heterocycles. The van der Waals surface area contributed by atoms with Crippen LogP contribution in [0.4, 0.5) is 5.95 Å². The molecule has 0 saturated carbocycles. The number of anilines is 1. The molecule has 0 unspecified atom stereocenters. The molecule has 0 aliphatic heterocycles. The fraction of sp³-hybridized carbons (Fsp3) is 0.417. The minimum atomic E-state index is 0.548. The summed E-state index contributed by atoms with van der Waals surface area (Å²) in [4.78, 5) is 6.55. The maximum Gasteiger partial charge on any atom is 0.201 e. The molecule has 0 atom stereocenters. The zero-order valence-electron chi connectivity index (χ0n) is 10.2. The number of hydrogen-bond acceptors (Lipinski definition) is 3. The van der Waals surface area contributed by atoms with Crippen molar-refractivity contribution in [2.45, 2.75) is 13.5 Å². The van der Waals surface area contributed by atoms with E-state index in [2.05, 4.69) is 23.9 Å². The molecule has 5 heteroatoms. The Morgan fingerprint density at radius 2 is 2.24 bits per heavy atom. The summed E-state index contributed by atoms with van der Waals surface area (Å²) in [5, 5.41) is 0.688. The van der Waals surface area contributed by atoms with Gasteiger partial charge in [0.25, 0.3) is 0 Å². The molecule has 2 aromatic rings. The molecule has 1 aromatic heterocycles. The lowest BCUT2D eigenvalue weighted by atomic mass is 10.3. The van der Waals surface area contributed by atoms with Crippen LogP contribution >= 0.6 is 11.6 Å². The average molecular weight is 253 g/mol. The number of fused-ring (bicyclic) bond motifs is 1. The molecule has 0 radical (unpaired) electrons. The minimum Gasteiger partial charge on any atom is -0.369 e. The maximum atomic E-state index is 5.93. The predicted molar refractivity (Wildman–Crippen MR) is 72.3 cm³/mol. The van der Waals surface area contributed by atoms with Crippen molar-refractivity contribution in [1.29, 1.82) is 0 Å². The number of halogens is 1. The van der Waals surface area contributed by atoms with Crippen molar-refractivity contribution < 1.29 is 0 Å². The van der Waals surface area contributed by atoms with Gasteiger partial charge in [-0.05, 0) is 31.8 Å². The Kier molecular flexibility index (Phi) is 3.54. The van der Waals surface area contributed by atoms with Crippen LogP contribution < -0.4 is 5.73 Å². The number of imidazole rings is 1. The first-order valence-electron chi connectivity index (χ1n) is 5.71. The van der Waals surface area contributed by atoms with Crippen LogP contribution in [-0.4, -0.2) is 34.6 Å². The molecule has 0 aliphatic carbocycles. The molecule has 92 valence electrons. The molecule has 0 saturated heterocycles. The van der Waals surface area contributed by atoms with E-state index in [1.54, 1.807) is 0 Å². The number of likely N-dealkylation sites (N-methyl/N-ethyl adjacent to an activating group) is 1. The molecule has 0 bridgehead atoms. The van der Waals surface area contributed by atoms with Gasteiger partial charge in [0.05, 0.1) is 11.0 Å². The molecule has 2 N–H and O–H groups in total. The van der Waals surface area contributed by atoms with Crippen LogP contribution in [0.5, 0.6) is 0 Å². The maximum absolute atomic E-state index is 5.93. The lowest BCUT2D eigenvalue weighted by Crippen LogP contribution is -2.23. The third-order valence-electron chi connectivity index (χ3n) is 2.98. The van der Waals surface area contributed by atoms with Gasteiger partial charge in [0.1, 0.15) is 0 Å². The molecular formula is C12H17ClN4. The quantitative estimate of drug-likeness (QED) is 0.908. The topological polar surface area (TPSA) is 47.1 Å². The van der Waals surface area contributed by atoms with E-state index in [0.717, 1.165) is 30.7 Å². The molecule has 4 nitrogen and oxygen atoms in total. The molecule has 0 amide bonds. The fourth-order valence-electron chi connectivity index (χ4n) is 1.79. The second-order valence-corrected chi connectivity index (χ2v) is 4.59. The fourth-order valence-corrected chi connectivity index (χ4v) is 1.95. The van der Waals surface area contributed by atoms with Crippen molar-refractivity contribution in [1.82, 2.24) is 14.5 Å². The SMILES string of the molecule is CCN(C)CCn1c(N)nc2cc(Cl)ccc21. The van der Waals surface area contributed by atoms with Gasteiger partial charge in [-0.25, -0.2) is 4.98 Å². The second kappa shape index (κ2) is 4.94. The average Bonchev–Trinajstić information content (AvgIpc) is 2.61. The number of nitrogens with two attached hydrogens (primary N) is 1. The van der Waals surface area contributed by atoms with Gasteiger partial charge < -0.3 is 15.2 Å². The summed E-state index contributed by atoms with van der Waals surface area (Å²) in [6.07, 6.45) is 0. The first kappa shape index (κ1) is 12.2. The third-order valence-corrected chi connectivity index (χ3v) is 3.22. The van der Waals surface area contributed by atoms with E-state index in [-0.39, 0.29) is 0 Å². The van der Waals surface area contributed by atoms with Crippen molar-refractivity contribution >= 4 is 28.6 Å². The Balaban J connectivity index is 2.30. The van der Waals surface area contributed by atoms with Gasteiger partial charge in [0, 0.05) is 18.1 Å². The molecule has 0 fully saturated rings. The van der Waals surface area contributed by atoms with Gasteiger partial charge in [0.15, 0.2) is 0 Å². The standard InChI is InChI=1S/C12H17ClN4/c1-3-16(2)6-7-17-11-5-4-9(13)8-10(11)15-12(17)14/h4-5,8H,3,6-7H2,1-2H3,(H2,14,15). The summed E-state index contributed by atoms with van der Waals surface area (Å²) < 4.78 is 2.03. The molecule has 1 aromatic carbocycles. The molecule has 0 spiro atoms. The minimum absolute atomic E-state index is 0.548. The highest BCUT2D eigenvalue weighted by Gasteiger charge is 2.08. The molecule has 0 aliphatic rings. The molecule has 17 heavy (non-hydrogen) atoms. The summed E-state index contributed by atoms with van der Waals surface area (Å²) in [5.74, 6) is 0.548. The van der Waals surface area contributed by atoms with Gasteiger partial charge in [-0.2, -0.15) is 0 Å². The highest BCUT2D eigenvalue weighted by Crippen LogP contribution is 2.21. The van der Waals surface area contributed by atoms with Crippen molar-refractivity contribution in [3.05, 3.63) is 23.2 Å². The Labute approximate surface area is 106 Å². The van der Waals surface area contributed by atoms with Crippen LogP contribution in [0.2, 0.25) is 5.02 Å². The lowest BCUT2D eigenvalue weighted by molar-refractivity contribution is 0.338. The van der Waals surface area contributed by atoms with Crippen LogP contribution in [-0.2, 0) is 6.54 Å². The van der Waals surface area contributed by atoms with Gasteiger partial charge in [0.2, 0.25) is 5.95 Å². The summed E-state index contributed by atoms with van der Waals surface area (Å²) in [5.41, 5.74) is 7.82. The van der Waals surface area contributed by atoms with E-state index in [0.29, 0.717) is 11.0 Å². The Morgan fingerprint density at radius 1 is 1.47 bits per heavy atom. The smallest absolute Gasteiger partial charge is 0.201 e. The number of nitrogens with zero attached hydrogens (tertiary/aromatic N) is 3. The highest BCUT2D eigenvalue weighted by atomic mass is 35.5. The normalized spacial score (nSPS) is 11.5. The van der Waals surface area contributed by atoms with Gasteiger partial charge in [-0.1, -0.05) is 18.5 Å². The highest BCUT2D eigenvalue weighted by molar-refractivity contribution is 6.31. The third kappa shape index (κ3) is 2.53. The number of hydrogen-bond donors (Lipinski definition) is 1. The van der Waals surface area contributed by atoms with E-state index in [9.17, 15) is 0 Å². The Bertz CT molecular complexity index is 520. The van der Waals surface area contributed by atoms with Crippen LogP contribution in [0.1, 0.15) is 6.92 Å². The first-order chi connectivity index (χ1) is 8.11. The molecular weight excluding hydrogens is 236 g/mol. The summed E-state index contributed by atoms with van der Waals surface area (Å²) in [6, 6.07) is 5.67. The largest absolute Gasteiger partial charge is 0.369 e. The van der Waals surface area contributed by atoms with Crippen molar-refractivity contribution in [3.63, 3.8) is 0 Å². The van der Waals surface area contributed by atoms with Crippen LogP contribution in [0.15, 0.2) is 18.2 Å². The second-order valence-electron chi connectivity index (χ2n) is 4.15. The van der Waals surface area contributed by atoms with E-state index >= 15 is 0 Å². The predicted octanol–water partition coefficient (Wildman–Crippen LogP) is 2.22. The van der Waals surface area contributed by atoms with E-state index in [4.69, 9.17) is 17.3 Å². The van der Waals surface area contributed by atoms with E-state index in [1.165, 1.54) is 0 Å². The van der Waals surface area contributed by atoms with Crippen molar-refractivity contribution in [3.8, 4) is 0 Å². The zero-order valence-corrected chi connectivity index (χ0v) is 10.9.